The van der Waals surface area contributed by atoms with Crippen LogP contribution in [0.25, 0.3) is 10.2 Å². The Balaban J connectivity index is 1.79. The molecule has 0 fully saturated rings. The number of hydrogen-bond acceptors (Lipinski definition) is 10. The van der Waals surface area contributed by atoms with E-state index in [-0.39, 0.29) is 18.9 Å². The highest BCUT2D eigenvalue weighted by Crippen LogP contribution is 2.38. The van der Waals surface area contributed by atoms with Gasteiger partial charge in [-0.25, -0.2) is 14.8 Å². The summed E-state index contributed by atoms with van der Waals surface area (Å²) in [5, 5.41) is 3.96. The van der Waals surface area contributed by atoms with Crippen LogP contribution in [0, 0.1) is 6.92 Å². The molecule has 3 aromatic rings. The lowest BCUT2D eigenvalue weighted by atomic mass is 10.2. The molecule has 1 N–H and O–H groups in total. The summed E-state index contributed by atoms with van der Waals surface area (Å²) in [6.07, 6.45) is -0.0893. The van der Waals surface area contributed by atoms with Crippen LogP contribution in [0.3, 0.4) is 0 Å². The third kappa shape index (κ3) is 4.24. The first kappa shape index (κ1) is 20.9. The molecular formula is C21H21N3O6S. The number of aryl methyl sites for hydroxylation is 1. The Labute approximate surface area is 182 Å². The molecule has 31 heavy (non-hydrogen) atoms. The first-order chi connectivity index (χ1) is 15.0. The molecule has 10 heteroatoms. The van der Waals surface area contributed by atoms with Crippen molar-refractivity contribution in [3.05, 3.63) is 34.5 Å². The maximum absolute atomic E-state index is 12.4. The van der Waals surface area contributed by atoms with Gasteiger partial charge in [0.2, 0.25) is 0 Å². The van der Waals surface area contributed by atoms with E-state index in [0.717, 1.165) is 5.69 Å². The Morgan fingerprint density at radius 3 is 2.71 bits per heavy atom. The van der Waals surface area contributed by atoms with E-state index in [2.05, 4.69) is 15.3 Å². The van der Waals surface area contributed by atoms with Crippen LogP contribution in [0.4, 0.5) is 11.5 Å². The summed E-state index contributed by atoms with van der Waals surface area (Å²) >= 11 is 1.21. The van der Waals surface area contributed by atoms with Crippen molar-refractivity contribution in [1.29, 1.82) is 0 Å². The number of fused-ring (bicyclic) bond motifs is 2. The van der Waals surface area contributed by atoms with Gasteiger partial charge in [0.15, 0.2) is 11.5 Å². The molecule has 0 bridgehead atoms. The van der Waals surface area contributed by atoms with Gasteiger partial charge in [0.1, 0.15) is 41.0 Å². The van der Waals surface area contributed by atoms with Gasteiger partial charge in [0.05, 0.1) is 19.1 Å². The van der Waals surface area contributed by atoms with Crippen LogP contribution >= 0.6 is 11.3 Å². The zero-order valence-electron chi connectivity index (χ0n) is 17.3. The number of thiophene rings is 1. The number of esters is 2. The molecular weight excluding hydrogens is 422 g/mol. The monoisotopic (exact) mass is 443 g/mol. The molecule has 0 saturated heterocycles. The van der Waals surface area contributed by atoms with Gasteiger partial charge in [-0.3, -0.25) is 4.79 Å². The maximum Gasteiger partial charge on any atom is 0.348 e. The quantitative estimate of drug-likeness (QED) is 0.573. The fourth-order valence-corrected chi connectivity index (χ4v) is 4.30. The molecule has 162 valence electrons. The molecule has 0 spiro atoms. The lowest BCUT2D eigenvalue weighted by molar-refractivity contribution is -0.139. The Morgan fingerprint density at radius 1 is 1.19 bits per heavy atom. The van der Waals surface area contributed by atoms with Crippen molar-refractivity contribution in [2.45, 2.75) is 20.3 Å². The number of methoxy groups -OCH3 is 1. The standard InChI is InChI=1S/C21H21N3O6S/c1-4-28-21(26)18-11(2)17-19(23-15(10-16(25)27-3)24-20(17)31-18)22-12-5-6-13-14(9-12)30-8-7-29-13/h5-6,9H,4,7-8,10H2,1-3H3,(H,22,23,24). The van der Waals surface area contributed by atoms with Gasteiger partial charge in [-0.2, -0.15) is 0 Å². The minimum absolute atomic E-state index is 0.0893. The second-order valence-corrected chi connectivity index (χ2v) is 7.68. The number of ether oxygens (including phenoxy) is 4. The van der Waals surface area contributed by atoms with Crippen LogP contribution in [0.1, 0.15) is 28.0 Å². The first-order valence-electron chi connectivity index (χ1n) is 9.70. The molecule has 0 saturated carbocycles. The van der Waals surface area contributed by atoms with Crippen LogP contribution in [-0.4, -0.2) is 48.8 Å². The van der Waals surface area contributed by atoms with E-state index < -0.39 is 11.9 Å². The summed E-state index contributed by atoms with van der Waals surface area (Å²) in [6.45, 7) is 4.83. The number of carbonyl (C=O) groups excluding carboxylic acids is 2. The molecule has 0 radical (unpaired) electrons. The summed E-state index contributed by atoms with van der Waals surface area (Å²) in [5.74, 6) is 1.20. The molecule has 1 aliphatic heterocycles. The second-order valence-electron chi connectivity index (χ2n) is 6.68. The van der Waals surface area contributed by atoms with E-state index in [9.17, 15) is 9.59 Å². The van der Waals surface area contributed by atoms with Gasteiger partial charge in [0.25, 0.3) is 0 Å². The number of rotatable bonds is 6. The first-order valence-corrected chi connectivity index (χ1v) is 10.5. The number of carbonyl (C=O) groups is 2. The van der Waals surface area contributed by atoms with Crippen molar-refractivity contribution in [2.24, 2.45) is 0 Å². The van der Waals surface area contributed by atoms with Crippen LogP contribution < -0.4 is 14.8 Å². The lowest BCUT2D eigenvalue weighted by Crippen LogP contribution is -2.15. The largest absolute Gasteiger partial charge is 0.486 e. The van der Waals surface area contributed by atoms with Gasteiger partial charge >= 0.3 is 11.9 Å². The van der Waals surface area contributed by atoms with Gasteiger partial charge in [0, 0.05) is 11.8 Å². The highest BCUT2D eigenvalue weighted by molar-refractivity contribution is 7.20. The number of nitrogens with zero attached hydrogens (tertiary/aromatic N) is 2. The summed E-state index contributed by atoms with van der Waals surface area (Å²) in [5.41, 5.74) is 1.43. The topological polar surface area (TPSA) is 109 Å². The second kappa shape index (κ2) is 8.76. The molecule has 3 heterocycles. The minimum Gasteiger partial charge on any atom is -0.486 e. The molecule has 0 amide bonds. The van der Waals surface area contributed by atoms with E-state index in [1.807, 2.05) is 25.1 Å². The van der Waals surface area contributed by atoms with Crippen molar-refractivity contribution in [3.8, 4) is 11.5 Å². The Kier molecular flexibility index (Phi) is 5.90. The van der Waals surface area contributed by atoms with Gasteiger partial charge < -0.3 is 24.3 Å². The number of hydrogen-bond donors (Lipinski definition) is 1. The van der Waals surface area contributed by atoms with E-state index in [4.69, 9.17) is 18.9 Å². The molecule has 0 unspecified atom stereocenters. The summed E-state index contributed by atoms with van der Waals surface area (Å²) in [7, 11) is 1.31. The number of benzene rings is 1. The highest BCUT2D eigenvalue weighted by atomic mass is 32.1. The lowest BCUT2D eigenvalue weighted by Gasteiger charge is -2.19. The van der Waals surface area contributed by atoms with E-state index in [1.165, 1.54) is 18.4 Å². The van der Waals surface area contributed by atoms with E-state index in [0.29, 0.717) is 51.2 Å². The maximum atomic E-state index is 12.4. The number of aromatic nitrogens is 2. The molecule has 0 aliphatic carbocycles. The molecule has 2 aromatic heterocycles. The zero-order valence-corrected chi connectivity index (χ0v) is 18.1. The fourth-order valence-electron chi connectivity index (χ4n) is 3.20. The summed E-state index contributed by atoms with van der Waals surface area (Å²) in [6, 6.07) is 5.47. The predicted octanol–water partition coefficient (Wildman–Crippen LogP) is 3.41. The SMILES string of the molecule is CCOC(=O)c1sc2nc(CC(=O)OC)nc(Nc3ccc4c(c3)OCCO4)c2c1C. The van der Waals surface area contributed by atoms with Crippen molar-refractivity contribution in [1.82, 2.24) is 9.97 Å². The number of nitrogens with one attached hydrogen (secondary N) is 1. The Bertz CT molecular complexity index is 1160. The van der Waals surface area contributed by atoms with Gasteiger partial charge in [-0.15, -0.1) is 11.3 Å². The molecule has 4 rings (SSSR count). The average molecular weight is 443 g/mol. The van der Waals surface area contributed by atoms with Crippen molar-refractivity contribution < 1.29 is 28.5 Å². The third-order valence-electron chi connectivity index (χ3n) is 4.63. The van der Waals surface area contributed by atoms with Crippen molar-refractivity contribution in [2.75, 3.05) is 32.2 Å². The van der Waals surface area contributed by atoms with Crippen molar-refractivity contribution in [3.63, 3.8) is 0 Å². The summed E-state index contributed by atoms with van der Waals surface area (Å²) < 4.78 is 21.1. The van der Waals surface area contributed by atoms with Crippen molar-refractivity contribution >= 4 is 45.0 Å². The fraction of sp³-hybridized carbons (Fsp3) is 0.333. The van der Waals surface area contributed by atoms with Crippen LogP contribution in [0.5, 0.6) is 11.5 Å². The highest BCUT2D eigenvalue weighted by Gasteiger charge is 2.23. The molecule has 0 atom stereocenters. The predicted molar refractivity (Wildman–Crippen MR) is 115 cm³/mol. The minimum atomic E-state index is -0.455. The van der Waals surface area contributed by atoms with E-state index >= 15 is 0 Å². The molecule has 1 aliphatic rings. The third-order valence-corrected chi connectivity index (χ3v) is 5.80. The number of anilines is 2. The molecule has 1 aromatic carbocycles. The Hall–Kier alpha value is -3.40. The van der Waals surface area contributed by atoms with Gasteiger partial charge in [-0.05, 0) is 31.5 Å². The van der Waals surface area contributed by atoms with Gasteiger partial charge in [-0.1, -0.05) is 0 Å². The average Bonchev–Trinajstić information content (AvgIpc) is 3.10. The van der Waals surface area contributed by atoms with E-state index in [1.54, 1.807) is 6.92 Å². The normalized spacial score (nSPS) is 12.5. The Morgan fingerprint density at radius 2 is 1.97 bits per heavy atom. The van der Waals surface area contributed by atoms with Crippen LogP contribution in [0.15, 0.2) is 18.2 Å². The zero-order chi connectivity index (χ0) is 22.0. The molecule has 9 nitrogen and oxygen atoms in total. The van der Waals surface area contributed by atoms with Crippen LogP contribution in [-0.2, 0) is 20.7 Å². The van der Waals surface area contributed by atoms with Crippen LogP contribution in [0.2, 0.25) is 0 Å². The smallest absolute Gasteiger partial charge is 0.348 e. The summed E-state index contributed by atoms with van der Waals surface area (Å²) in [4.78, 5) is 34.2.